The van der Waals surface area contributed by atoms with Crippen LogP contribution in [-0.2, 0) is 18.9 Å². The van der Waals surface area contributed by atoms with E-state index >= 15 is 0 Å². The van der Waals surface area contributed by atoms with Gasteiger partial charge in [0.05, 0.1) is 12.4 Å². The number of hydrogen-bond donors (Lipinski definition) is 2. The zero-order chi connectivity index (χ0) is 20.4. The molecule has 13 heteroatoms. The number of imidazole rings is 1. The largest absolute Gasteiger partial charge is 0.480 e. The topological polar surface area (TPSA) is 154 Å². The quantitative estimate of drug-likeness (QED) is 0.413. The number of thioether (sulfide) groups is 1. The maximum Gasteiger partial charge on any atom is 0.342 e. The van der Waals surface area contributed by atoms with Crippen LogP contribution in [0.15, 0.2) is 12.5 Å². The second-order valence-electron chi connectivity index (χ2n) is 5.97. The molecule has 0 aromatic carbocycles. The number of carboxylic acids is 1. The number of fused-ring (bicyclic) bond motifs is 1. The molecule has 12 nitrogen and oxygen atoms in total. The molecule has 0 fully saturated rings. The predicted molar refractivity (Wildman–Crippen MR) is 103 cm³/mol. The van der Waals surface area contributed by atoms with Crippen LogP contribution in [0.2, 0.25) is 0 Å². The molecule has 0 aliphatic rings. The van der Waals surface area contributed by atoms with Gasteiger partial charge in [-0.05, 0) is 23.4 Å². The standard InChI is InChI=1S/C15H18N8O4S/c1-21-9(23(26)27)6-16-14(21)11-10-12(17-7-18-13(10)22(2)20-11)19-8(15(24)25)4-5-28-3/h6-8H,4-5H2,1-3H3,(H,24,25)(H,17,18,19)/t8-/m0/s1. The van der Waals surface area contributed by atoms with Gasteiger partial charge in [0.15, 0.2) is 11.3 Å². The lowest BCUT2D eigenvalue weighted by molar-refractivity contribution is -0.391. The Morgan fingerprint density at radius 1 is 1.39 bits per heavy atom. The molecule has 3 heterocycles. The van der Waals surface area contributed by atoms with Crippen molar-refractivity contribution in [2.45, 2.75) is 12.5 Å². The molecule has 0 saturated heterocycles. The fourth-order valence-electron chi connectivity index (χ4n) is 2.80. The highest BCUT2D eigenvalue weighted by Crippen LogP contribution is 2.32. The number of carbonyl (C=O) groups is 1. The minimum atomic E-state index is -1.00. The van der Waals surface area contributed by atoms with Crippen LogP contribution in [0.4, 0.5) is 11.6 Å². The van der Waals surface area contributed by atoms with Crippen molar-refractivity contribution >= 4 is 40.4 Å². The number of carboxylic acid groups (broad SMARTS) is 1. The predicted octanol–water partition coefficient (Wildman–Crippen LogP) is 1.29. The summed E-state index contributed by atoms with van der Waals surface area (Å²) >= 11 is 1.54. The van der Waals surface area contributed by atoms with Crippen LogP contribution in [0.1, 0.15) is 6.42 Å². The van der Waals surface area contributed by atoms with Crippen molar-refractivity contribution < 1.29 is 14.8 Å². The summed E-state index contributed by atoms with van der Waals surface area (Å²) in [5.41, 5.74) is 0.775. The summed E-state index contributed by atoms with van der Waals surface area (Å²) in [7, 11) is 3.18. The summed E-state index contributed by atoms with van der Waals surface area (Å²) in [5.74, 6) is 0.00438. The number of aliphatic carboxylic acids is 1. The molecular weight excluding hydrogens is 388 g/mol. The fraction of sp³-hybridized carbons (Fsp3) is 0.400. The average molecular weight is 406 g/mol. The zero-order valence-electron chi connectivity index (χ0n) is 15.4. The Balaban J connectivity index is 2.13. The van der Waals surface area contributed by atoms with E-state index in [2.05, 4.69) is 25.4 Å². The third-order valence-corrected chi connectivity index (χ3v) is 4.85. The van der Waals surface area contributed by atoms with E-state index < -0.39 is 16.9 Å². The SMILES string of the molecule is CSCC[C@H](Nc1ncnc2c1c(-c1ncc([N+](=O)[O-])n1C)nn2C)C(=O)O. The molecule has 3 rings (SSSR count). The van der Waals surface area contributed by atoms with E-state index in [1.165, 1.54) is 22.6 Å². The van der Waals surface area contributed by atoms with Crippen molar-refractivity contribution in [2.75, 3.05) is 17.3 Å². The molecule has 0 radical (unpaired) electrons. The molecule has 0 aliphatic carbocycles. The highest BCUT2D eigenvalue weighted by atomic mass is 32.2. The molecule has 3 aromatic heterocycles. The lowest BCUT2D eigenvalue weighted by Gasteiger charge is -2.15. The number of rotatable bonds is 8. The molecule has 3 aromatic rings. The molecule has 0 aliphatic heterocycles. The normalized spacial score (nSPS) is 12.2. The van der Waals surface area contributed by atoms with Crippen LogP contribution >= 0.6 is 11.8 Å². The van der Waals surface area contributed by atoms with Gasteiger partial charge in [-0.2, -0.15) is 16.9 Å². The highest BCUT2D eigenvalue weighted by Gasteiger charge is 2.27. The molecule has 28 heavy (non-hydrogen) atoms. The monoisotopic (exact) mass is 406 g/mol. The molecule has 0 saturated carbocycles. The fourth-order valence-corrected chi connectivity index (χ4v) is 3.27. The van der Waals surface area contributed by atoms with Crippen LogP contribution in [0.3, 0.4) is 0 Å². The number of aromatic nitrogens is 6. The molecule has 0 amide bonds. The average Bonchev–Trinajstić information content (AvgIpc) is 3.19. The third-order valence-electron chi connectivity index (χ3n) is 4.20. The first-order valence-electron chi connectivity index (χ1n) is 8.17. The highest BCUT2D eigenvalue weighted by molar-refractivity contribution is 7.98. The molecule has 0 unspecified atom stereocenters. The van der Waals surface area contributed by atoms with Crippen LogP contribution in [0, 0.1) is 10.1 Å². The van der Waals surface area contributed by atoms with E-state index in [0.29, 0.717) is 28.9 Å². The summed E-state index contributed by atoms with van der Waals surface area (Å²) < 4.78 is 2.80. The minimum Gasteiger partial charge on any atom is -0.480 e. The van der Waals surface area contributed by atoms with Crippen LogP contribution < -0.4 is 5.32 Å². The summed E-state index contributed by atoms with van der Waals surface area (Å²) in [4.78, 5) is 34.7. The Morgan fingerprint density at radius 2 is 2.14 bits per heavy atom. The Kier molecular flexibility index (Phi) is 5.44. The Hall–Kier alpha value is -3.22. The van der Waals surface area contributed by atoms with Gasteiger partial charge in [0.2, 0.25) is 5.82 Å². The maximum atomic E-state index is 11.6. The number of nitrogens with one attached hydrogen (secondary N) is 1. The summed E-state index contributed by atoms with van der Waals surface area (Å²) in [5, 5.41) is 28.4. The Bertz CT molecular complexity index is 1050. The van der Waals surface area contributed by atoms with E-state index in [-0.39, 0.29) is 17.5 Å². The number of hydrogen-bond acceptors (Lipinski definition) is 9. The summed E-state index contributed by atoms with van der Waals surface area (Å²) in [6, 6.07) is -0.852. The first kappa shape index (κ1) is 19.5. The van der Waals surface area contributed by atoms with Crippen LogP contribution in [0.25, 0.3) is 22.6 Å². The van der Waals surface area contributed by atoms with Gasteiger partial charge in [0.25, 0.3) is 0 Å². The number of nitrogens with zero attached hydrogens (tertiary/aromatic N) is 7. The molecular formula is C15H18N8O4S. The van der Waals surface area contributed by atoms with Gasteiger partial charge in [0.1, 0.15) is 24.4 Å². The first-order chi connectivity index (χ1) is 13.3. The number of anilines is 1. The van der Waals surface area contributed by atoms with E-state index in [9.17, 15) is 20.0 Å². The van der Waals surface area contributed by atoms with Crippen molar-refractivity contribution in [1.82, 2.24) is 29.3 Å². The van der Waals surface area contributed by atoms with Gasteiger partial charge in [-0.1, -0.05) is 0 Å². The van der Waals surface area contributed by atoms with Crippen LogP contribution in [0.5, 0.6) is 0 Å². The van der Waals surface area contributed by atoms with E-state index in [4.69, 9.17) is 0 Å². The maximum absolute atomic E-state index is 11.6. The van der Waals surface area contributed by atoms with Crippen molar-refractivity contribution in [3.05, 3.63) is 22.6 Å². The molecule has 148 valence electrons. The Labute approximate surface area is 163 Å². The number of nitro groups is 1. The summed E-state index contributed by atoms with van der Waals surface area (Å²) in [6.07, 6.45) is 4.75. The van der Waals surface area contributed by atoms with E-state index in [1.54, 1.807) is 18.8 Å². The Morgan fingerprint density at radius 3 is 2.75 bits per heavy atom. The van der Waals surface area contributed by atoms with Gasteiger partial charge < -0.3 is 20.5 Å². The van der Waals surface area contributed by atoms with Gasteiger partial charge in [-0.3, -0.25) is 0 Å². The van der Waals surface area contributed by atoms with Crippen LogP contribution in [-0.4, -0.2) is 63.3 Å². The van der Waals surface area contributed by atoms with Crippen molar-refractivity contribution in [3.8, 4) is 11.5 Å². The lowest BCUT2D eigenvalue weighted by Crippen LogP contribution is -2.30. The molecule has 1 atom stereocenters. The van der Waals surface area contributed by atoms with Gasteiger partial charge in [0, 0.05) is 7.05 Å². The summed E-state index contributed by atoms with van der Waals surface area (Å²) in [6.45, 7) is 0. The van der Waals surface area contributed by atoms with Crippen molar-refractivity contribution in [3.63, 3.8) is 0 Å². The van der Waals surface area contributed by atoms with Gasteiger partial charge >= 0.3 is 11.8 Å². The smallest absolute Gasteiger partial charge is 0.342 e. The second kappa shape index (κ2) is 7.80. The van der Waals surface area contributed by atoms with Crippen molar-refractivity contribution in [2.24, 2.45) is 14.1 Å². The molecule has 0 spiro atoms. The van der Waals surface area contributed by atoms with E-state index in [0.717, 1.165) is 6.20 Å². The molecule has 2 N–H and O–H groups in total. The zero-order valence-corrected chi connectivity index (χ0v) is 16.2. The van der Waals surface area contributed by atoms with Gasteiger partial charge in [-0.25, -0.2) is 29.0 Å². The molecule has 0 bridgehead atoms. The second-order valence-corrected chi connectivity index (χ2v) is 6.95. The van der Waals surface area contributed by atoms with Crippen molar-refractivity contribution in [1.29, 1.82) is 0 Å². The third kappa shape index (κ3) is 3.47. The minimum absolute atomic E-state index is 0.191. The lowest BCUT2D eigenvalue weighted by atomic mass is 10.2. The first-order valence-corrected chi connectivity index (χ1v) is 9.57. The van der Waals surface area contributed by atoms with Gasteiger partial charge in [-0.15, -0.1) is 0 Å². The number of aryl methyl sites for hydroxylation is 1. The van der Waals surface area contributed by atoms with E-state index in [1.807, 2.05) is 6.26 Å².